The first-order valence-electron chi connectivity index (χ1n) is 9.39. The Hall–Kier alpha value is -1.47. The van der Waals surface area contributed by atoms with Gasteiger partial charge in [-0.3, -0.25) is 4.79 Å². The van der Waals surface area contributed by atoms with E-state index in [4.69, 9.17) is 0 Å². The van der Waals surface area contributed by atoms with Gasteiger partial charge in [0, 0.05) is 43.3 Å². The highest BCUT2D eigenvalue weighted by atomic mass is 35.5. The van der Waals surface area contributed by atoms with E-state index in [2.05, 4.69) is 10.2 Å². The lowest BCUT2D eigenvalue weighted by molar-refractivity contribution is -0.138. The number of carbonyl (C=O) groups is 1. The van der Waals surface area contributed by atoms with Crippen molar-refractivity contribution in [3.8, 4) is 0 Å². The van der Waals surface area contributed by atoms with Gasteiger partial charge in [-0.25, -0.2) is 0 Å². The van der Waals surface area contributed by atoms with Crippen LogP contribution in [0.3, 0.4) is 0 Å². The van der Waals surface area contributed by atoms with Crippen LogP contribution in [0.2, 0.25) is 0 Å². The third-order valence-electron chi connectivity index (χ3n) is 6.06. The van der Waals surface area contributed by atoms with Gasteiger partial charge in [0.2, 0.25) is 5.91 Å². The van der Waals surface area contributed by atoms with Gasteiger partial charge in [-0.2, -0.15) is 13.2 Å². The van der Waals surface area contributed by atoms with E-state index >= 15 is 0 Å². The molecule has 3 aliphatic heterocycles. The molecule has 3 heterocycles. The molecule has 0 saturated carbocycles. The lowest BCUT2D eigenvalue weighted by Gasteiger charge is -2.36. The van der Waals surface area contributed by atoms with Crippen LogP contribution in [0.1, 0.15) is 31.2 Å². The summed E-state index contributed by atoms with van der Waals surface area (Å²) in [4.78, 5) is 16.9. The summed E-state index contributed by atoms with van der Waals surface area (Å²) in [6.07, 6.45) is -0.863. The van der Waals surface area contributed by atoms with Crippen LogP contribution in [0.4, 0.5) is 18.9 Å². The number of likely N-dealkylation sites (tertiary alicyclic amines) is 1. The summed E-state index contributed by atoms with van der Waals surface area (Å²) in [7, 11) is 0. The molecule has 1 aromatic rings. The van der Waals surface area contributed by atoms with E-state index in [9.17, 15) is 18.0 Å². The number of hydrogen-bond acceptors (Lipinski definition) is 3. The largest absolute Gasteiger partial charge is 0.416 e. The molecule has 4 rings (SSSR count). The SMILES string of the molecule is Cl.O=C(C1CCN(c2cccc(C(F)(F)F)c2)CC1)N1CCC2NCCC21. The average molecular weight is 404 g/mol. The van der Waals surface area contributed by atoms with Crippen LogP contribution in [-0.2, 0) is 11.0 Å². The van der Waals surface area contributed by atoms with Crippen molar-refractivity contribution < 1.29 is 18.0 Å². The number of piperidine rings is 1. The number of nitrogens with one attached hydrogen (secondary N) is 1. The Morgan fingerprint density at radius 1 is 1.07 bits per heavy atom. The summed E-state index contributed by atoms with van der Waals surface area (Å²) < 4.78 is 38.7. The molecule has 1 aromatic carbocycles. The maximum Gasteiger partial charge on any atom is 0.416 e. The summed E-state index contributed by atoms with van der Waals surface area (Å²) in [6.45, 7) is 3.05. The molecule has 2 unspecified atom stereocenters. The minimum atomic E-state index is -4.33. The summed E-state index contributed by atoms with van der Waals surface area (Å²) in [5, 5.41) is 3.46. The van der Waals surface area contributed by atoms with Crippen molar-refractivity contribution in [3.05, 3.63) is 29.8 Å². The molecule has 0 spiro atoms. The topological polar surface area (TPSA) is 35.6 Å². The number of benzene rings is 1. The maximum atomic E-state index is 12.9. The number of fused-ring (bicyclic) bond motifs is 1. The molecule has 0 aliphatic carbocycles. The van der Waals surface area contributed by atoms with E-state index in [0.717, 1.165) is 32.0 Å². The van der Waals surface area contributed by atoms with E-state index in [1.54, 1.807) is 6.07 Å². The van der Waals surface area contributed by atoms with Gasteiger partial charge in [-0.05, 0) is 50.4 Å². The zero-order valence-corrected chi connectivity index (χ0v) is 15.9. The number of nitrogens with zero attached hydrogens (tertiary/aromatic N) is 2. The van der Waals surface area contributed by atoms with Crippen LogP contribution in [0.15, 0.2) is 24.3 Å². The molecular formula is C19H25ClF3N3O. The highest BCUT2D eigenvalue weighted by molar-refractivity contribution is 5.85. The molecule has 0 radical (unpaired) electrons. The van der Waals surface area contributed by atoms with Crippen LogP contribution >= 0.6 is 12.4 Å². The van der Waals surface area contributed by atoms with Crippen LogP contribution in [0.5, 0.6) is 0 Å². The second-order valence-corrected chi connectivity index (χ2v) is 7.55. The first-order valence-corrected chi connectivity index (χ1v) is 9.39. The van der Waals surface area contributed by atoms with Gasteiger partial charge in [0.15, 0.2) is 0 Å². The minimum Gasteiger partial charge on any atom is -0.371 e. The van der Waals surface area contributed by atoms with Gasteiger partial charge in [0.25, 0.3) is 0 Å². The molecule has 3 saturated heterocycles. The molecule has 0 bridgehead atoms. The van der Waals surface area contributed by atoms with Crippen LogP contribution < -0.4 is 10.2 Å². The molecule has 1 amide bonds. The number of amides is 1. The van der Waals surface area contributed by atoms with Crippen molar-refractivity contribution in [3.63, 3.8) is 0 Å². The van der Waals surface area contributed by atoms with E-state index in [0.29, 0.717) is 43.7 Å². The Bertz CT molecular complexity index is 676. The van der Waals surface area contributed by atoms with Crippen LogP contribution in [0.25, 0.3) is 0 Å². The van der Waals surface area contributed by atoms with Crippen LogP contribution in [-0.4, -0.2) is 49.1 Å². The van der Waals surface area contributed by atoms with E-state index in [-0.39, 0.29) is 24.2 Å². The third-order valence-corrected chi connectivity index (χ3v) is 6.06. The summed E-state index contributed by atoms with van der Waals surface area (Å²) in [6, 6.07) is 6.25. The first-order chi connectivity index (χ1) is 12.4. The lowest BCUT2D eigenvalue weighted by atomic mass is 9.94. The Labute approximate surface area is 163 Å². The van der Waals surface area contributed by atoms with Gasteiger partial charge < -0.3 is 15.1 Å². The first kappa shape index (κ1) is 20.3. The monoisotopic (exact) mass is 403 g/mol. The molecule has 150 valence electrons. The fourth-order valence-electron chi connectivity index (χ4n) is 4.64. The van der Waals surface area contributed by atoms with Crippen molar-refractivity contribution >= 4 is 24.0 Å². The summed E-state index contributed by atoms with van der Waals surface area (Å²) >= 11 is 0. The fraction of sp³-hybridized carbons (Fsp3) is 0.632. The second kappa shape index (κ2) is 7.87. The highest BCUT2D eigenvalue weighted by Crippen LogP contribution is 2.34. The van der Waals surface area contributed by atoms with Gasteiger partial charge in [-0.15, -0.1) is 12.4 Å². The minimum absolute atomic E-state index is 0. The summed E-state index contributed by atoms with van der Waals surface area (Å²) in [5.74, 6) is 0.237. The maximum absolute atomic E-state index is 12.9. The molecule has 8 heteroatoms. The van der Waals surface area contributed by atoms with Gasteiger partial charge in [0.1, 0.15) is 0 Å². The number of carbonyl (C=O) groups excluding carboxylic acids is 1. The Morgan fingerprint density at radius 3 is 2.52 bits per heavy atom. The predicted octanol–water partition coefficient (Wildman–Crippen LogP) is 3.31. The van der Waals surface area contributed by atoms with Crippen LogP contribution in [0, 0.1) is 5.92 Å². The molecular weight excluding hydrogens is 379 g/mol. The van der Waals surface area contributed by atoms with E-state index in [1.807, 2.05) is 4.90 Å². The Morgan fingerprint density at radius 2 is 1.81 bits per heavy atom. The van der Waals surface area contributed by atoms with E-state index < -0.39 is 11.7 Å². The second-order valence-electron chi connectivity index (χ2n) is 7.55. The molecule has 2 atom stereocenters. The molecule has 27 heavy (non-hydrogen) atoms. The number of hydrogen-bond donors (Lipinski definition) is 1. The Kier molecular flexibility index (Phi) is 5.91. The molecule has 3 fully saturated rings. The zero-order chi connectivity index (χ0) is 18.3. The lowest BCUT2D eigenvalue weighted by Crippen LogP contribution is -2.45. The third kappa shape index (κ3) is 4.04. The smallest absolute Gasteiger partial charge is 0.371 e. The molecule has 0 aromatic heterocycles. The van der Waals surface area contributed by atoms with E-state index in [1.165, 1.54) is 12.1 Å². The molecule has 4 nitrogen and oxygen atoms in total. The fourth-order valence-corrected chi connectivity index (χ4v) is 4.64. The average Bonchev–Trinajstić information content (AvgIpc) is 3.24. The van der Waals surface area contributed by atoms with Crippen molar-refractivity contribution in [2.45, 2.75) is 43.9 Å². The predicted molar refractivity (Wildman–Crippen MR) is 100 cm³/mol. The highest BCUT2D eigenvalue weighted by Gasteiger charge is 2.42. The number of rotatable bonds is 2. The quantitative estimate of drug-likeness (QED) is 0.823. The van der Waals surface area contributed by atoms with Crippen molar-refractivity contribution in [2.75, 3.05) is 31.1 Å². The van der Waals surface area contributed by atoms with Crippen molar-refractivity contribution in [1.29, 1.82) is 0 Å². The van der Waals surface area contributed by atoms with Gasteiger partial charge in [0.05, 0.1) is 5.56 Å². The molecule has 3 aliphatic rings. The standard InChI is InChI=1S/C19H24F3N3O.ClH/c20-19(21,22)14-2-1-3-15(12-14)24-9-5-13(6-10-24)18(26)25-11-7-16-17(25)4-8-23-16;/h1-3,12-13,16-17,23H,4-11H2;1H. The number of halogens is 4. The van der Waals surface area contributed by atoms with Crippen molar-refractivity contribution in [2.24, 2.45) is 5.92 Å². The van der Waals surface area contributed by atoms with Gasteiger partial charge >= 0.3 is 6.18 Å². The number of alkyl halides is 3. The van der Waals surface area contributed by atoms with Gasteiger partial charge in [-0.1, -0.05) is 6.07 Å². The number of anilines is 1. The summed E-state index contributed by atoms with van der Waals surface area (Å²) in [5.41, 5.74) is -0.0306. The zero-order valence-electron chi connectivity index (χ0n) is 15.0. The molecule has 1 N–H and O–H groups in total. The Balaban J connectivity index is 0.00000210. The van der Waals surface area contributed by atoms with Crippen molar-refractivity contribution in [1.82, 2.24) is 10.2 Å². The normalized spacial score (nSPS) is 26.0.